The highest BCUT2D eigenvalue weighted by Crippen LogP contribution is 2.37. The van der Waals surface area contributed by atoms with Gasteiger partial charge < -0.3 is 15.7 Å². The van der Waals surface area contributed by atoms with Crippen molar-refractivity contribution in [1.82, 2.24) is 4.98 Å². The number of pyridine rings is 1. The summed E-state index contributed by atoms with van der Waals surface area (Å²) in [5.74, 6) is -0.231. The van der Waals surface area contributed by atoms with Gasteiger partial charge >= 0.3 is 5.97 Å². The van der Waals surface area contributed by atoms with Gasteiger partial charge in [0.05, 0.1) is 5.02 Å². The van der Waals surface area contributed by atoms with Crippen LogP contribution >= 0.6 is 11.6 Å². The second-order valence-electron chi connectivity index (χ2n) is 4.88. The van der Waals surface area contributed by atoms with Crippen LogP contribution in [0.25, 0.3) is 10.8 Å². The summed E-state index contributed by atoms with van der Waals surface area (Å²) in [5.41, 5.74) is 6.58. The van der Waals surface area contributed by atoms with Crippen molar-refractivity contribution in [2.24, 2.45) is 0 Å². The number of carboxylic acids is 1. The van der Waals surface area contributed by atoms with Crippen LogP contribution in [0.4, 0.5) is 11.5 Å². The summed E-state index contributed by atoms with van der Waals surface area (Å²) in [5, 5.41) is 11.4. The molecule has 1 saturated heterocycles. The van der Waals surface area contributed by atoms with Gasteiger partial charge in [-0.15, -0.1) is 0 Å². The maximum absolute atomic E-state index is 11.3. The first kappa shape index (κ1) is 13.0. The third-order valence-electron chi connectivity index (χ3n) is 3.70. The summed E-state index contributed by atoms with van der Waals surface area (Å²) in [6.45, 7) is 0.661. The number of aliphatic carboxylic acids is 1. The quantitative estimate of drug-likeness (QED) is 0.831. The van der Waals surface area contributed by atoms with Crippen molar-refractivity contribution in [2.45, 2.75) is 18.9 Å². The molecule has 1 atom stereocenters. The Morgan fingerprint density at radius 2 is 2.25 bits per heavy atom. The molecule has 1 aromatic carbocycles. The van der Waals surface area contributed by atoms with E-state index in [9.17, 15) is 9.90 Å². The average Bonchev–Trinajstić information content (AvgIpc) is 2.92. The number of anilines is 2. The molecular weight excluding hydrogens is 278 g/mol. The molecule has 3 N–H and O–H groups in total. The Morgan fingerprint density at radius 3 is 3.00 bits per heavy atom. The molecule has 5 nitrogen and oxygen atoms in total. The van der Waals surface area contributed by atoms with E-state index in [1.54, 1.807) is 29.3 Å². The minimum atomic E-state index is -0.832. The number of aromatic nitrogens is 1. The molecule has 1 aromatic heterocycles. The number of carboxylic acid groups (broad SMARTS) is 1. The fourth-order valence-corrected chi connectivity index (χ4v) is 3.01. The Balaban J connectivity index is 2.22. The van der Waals surface area contributed by atoms with E-state index in [0.717, 1.165) is 17.2 Å². The Bertz CT molecular complexity index is 689. The fraction of sp³-hybridized carbons (Fsp3) is 0.286. The lowest BCUT2D eigenvalue weighted by atomic mass is 10.1. The van der Waals surface area contributed by atoms with E-state index in [1.165, 1.54) is 0 Å². The summed E-state index contributed by atoms with van der Waals surface area (Å²) >= 11 is 6.27. The molecule has 0 spiro atoms. The van der Waals surface area contributed by atoms with Crippen LogP contribution in [0.2, 0.25) is 5.02 Å². The van der Waals surface area contributed by atoms with E-state index < -0.39 is 12.0 Å². The average molecular weight is 292 g/mol. The highest BCUT2D eigenvalue weighted by Gasteiger charge is 2.32. The predicted molar refractivity (Wildman–Crippen MR) is 79.2 cm³/mol. The number of hydrogen-bond acceptors (Lipinski definition) is 4. The van der Waals surface area contributed by atoms with Crippen molar-refractivity contribution in [1.29, 1.82) is 0 Å². The van der Waals surface area contributed by atoms with Gasteiger partial charge in [-0.3, -0.25) is 0 Å². The third-order valence-corrected chi connectivity index (χ3v) is 4.01. The summed E-state index contributed by atoms with van der Waals surface area (Å²) in [6.07, 6.45) is 3.09. The van der Waals surface area contributed by atoms with Crippen molar-refractivity contribution in [3.8, 4) is 0 Å². The van der Waals surface area contributed by atoms with Gasteiger partial charge in [0.25, 0.3) is 0 Å². The monoisotopic (exact) mass is 291 g/mol. The van der Waals surface area contributed by atoms with E-state index in [4.69, 9.17) is 17.3 Å². The third kappa shape index (κ3) is 1.94. The standard InChI is InChI=1S/C14H14ClN3O2/c15-9-3-4-10(16)8-5-6-17-13(12(8)9)18-7-1-2-11(18)14(19)20/h3-6,11H,1-2,7,16H2,(H,19,20). The molecule has 1 unspecified atom stereocenters. The molecule has 0 amide bonds. The molecule has 0 saturated carbocycles. The fourth-order valence-electron chi connectivity index (χ4n) is 2.76. The van der Waals surface area contributed by atoms with Crippen LogP contribution in [0.1, 0.15) is 12.8 Å². The largest absolute Gasteiger partial charge is 0.480 e. The molecule has 0 radical (unpaired) electrons. The summed E-state index contributed by atoms with van der Waals surface area (Å²) < 4.78 is 0. The van der Waals surface area contributed by atoms with Gasteiger partial charge in [-0.2, -0.15) is 0 Å². The number of rotatable bonds is 2. The first-order valence-corrected chi connectivity index (χ1v) is 6.79. The van der Waals surface area contributed by atoms with Crippen LogP contribution < -0.4 is 10.6 Å². The number of benzene rings is 1. The van der Waals surface area contributed by atoms with Crippen LogP contribution in [0.5, 0.6) is 0 Å². The van der Waals surface area contributed by atoms with Gasteiger partial charge in [0.1, 0.15) is 11.9 Å². The van der Waals surface area contributed by atoms with E-state index >= 15 is 0 Å². The second kappa shape index (κ2) is 4.83. The number of nitrogens with zero attached hydrogens (tertiary/aromatic N) is 2. The lowest BCUT2D eigenvalue weighted by Crippen LogP contribution is -2.36. The highest BCUT2D eigenvalue weighted by atomic mass is 35.5. The van der Waals surface area contributed by atoms with Gasteiger partial charge in [-0.1, -0.05) is 11.6 Å². The van der Waals surface area contributed by atoms with Crippen molar-refractivity contribution in [3.05, 3.63) is 29.4 Å². The maximum Gasteiger partial charge on any atom is 0.326 e. The molecule has 6 heteroatoms. The Kier molecular flexibility index (Phi) is 3.14. The summed E-state index contributed by atoms with van der Waals surface area (Å²) in [7, 11) is 0. The normalized spacial score (nSPS) is 18.6. The lowest BCUT2D eigenvalue weighted by molar-refractivity contribution is -0.138. The van der Waals surface area contributed by atoms with Gasteiger partial charge in [0.2, 0.25) is 0 Å². The molecule has 3 rings (SSSR count). The van der Waals surface area contributed by atoms with Crippen LogP contribution in [0.3, 0.4) is 0 Å². The first-order chi connectivity index (χ1) is 9.59. The number of fused-ring (bicyclic) bond motifs is 1. The predicted octanol–water partition coefficient (Wildman–Crippen LogP) is 2.52. The zero-order valence-corrected chi connectivity index (χ0v) is 11.5. The zero-order valence-electron chi connectivity index (χ0n) is 10.7. The molecule has 1 aliphatic heterocycles. The molecule has 0 bridgehead atoms. The maximum atomic E-state index is 11.3. The van der Waals surface area contributed by atoms with E-state index in [1.807, 2.05) is 0 Å². The molecule has 104 valence electrons. The van der Waals surface area contributed by atoms with Crippen molar-refractivity contribution < 1.29 is 9.90 Å². The Hall–Kier alpha value is -2.01. The van der Waals surface area contributed by atoms with Crippen molar-refractivity contribution >= 4 is 39.8 Å². The van der Waals surface area contributed by atoms with E-state index in [2.05, 4.69) is 4.98 Å². The topological polar surface area (TPSA) is 79.5 Å². The van der Waals surface area contributed by atoms with E-state index in [-0.39, 0.29) is 0 Å². The molecular formula is C14H14ClN3O2. The number of halogens is 1. The van der Waals surface area contributed by atoms with Gasteiger partial charge in [-0.05, 0) is 31.0 Å². The van der Waals surface area contributed by atoms with Crippen LogP contribution in [0, 0.1) is 0 Å². The lowest BCUT2D eigenvalue weighted by Gasteiger charge is -2.24. The van der Waals surface area contributed by atoms with Gasteiger partial charge in [0, 0.05) is 29.2 Å². The minimum absolute atomic E-state index is 0.535. The first-order valence-electron chi connectivity index (χ1n) is 6.41. The van der Waals surface area contributed by atoms with E-state index in [0.29, 0.717) is 29.5 Å². The van der Waals surface area contributed by atoms with Crippen molar-refractivity contribution in [2.75, 3.05) is 17.2 Å². The van der Waals surface area contributed by atoms with Crippen LogP contribution in [0.15, 0.2) is 24.4 Å². The van der Waals surface area contributed by atoms with Crippen LogP contribution in [-0.2, 0) is 4.79 Å². The molecule has 1 fully saturated rings. The number of carbonyl (C=O) groups is 1. The Labute approximate surface area is 121 Å². The van der Waals surface area contributed by atoms with Gasteiger partial charge in [-0.25, -0.2) is 9.78 Å². The summed E-state index contributed by atoms with van der Waals surface area (Å²) in [4.78, 5) is 17.5. The van der Waals surface area contributed by atoms with Gasteiger partial charge in [0.15, 0.2) is 0 Å². The SMILES string of the molecule is Nc1ccc(Cl)c2c(N3CCCC3C(=O)O)nccc12. The zero-order chi connectivity index (χ0) is 14.3. The van der Waals surface area contributed by atoms with Crippen LogP contribution in [-0.4, -0.2) is 28.6 Å². The molecule has 0 aliphatic carbocycles. The number of nitrogens with two attached hydrogens (primary N) is 1. The molecule has 2 heterocycles. The number of nitrogen functional groups attached to an aromatic ring is 1. The highest BCUT2D eigenvalue weighted by molar-refractivity contribution is 6.37. The Morgan fingerprint density at radius 1 is 1.45 bits per heavy atom. The molecule has 1 aliphatic rings. The smallest absolute Gasteiger partial charge is 0.326 e. The summed E-state index contributed by atoms with van der Waals surface area (Å²) in [6, 6.07) is 4.71. The number of hydrogen-bond donors (Lipinski definition) is 2. The van der Waals surface area contributed by atoms with Crippen molar-refractivity contribution in [3.63, 3.8) is 0 Å². The second-order valence-corrected chi connectivity index (χ2v) is 5.29. The minimum Gasteiger partial charge on any atom is -0.480 e. The molecule has 2 aromatic rings. The molecule has 20 heavy (non-hydrogen) atoms.